The van der Waals surface area contributed by atoms with E-state index in [4.69, 9.17) is 33.2 Å². The van der Waals surface area contributed by atoms with Crippen LogP contribution < -0.4 is 5.32 Å². The van der Waals surface area contributed by atoms with Crippen molar-refractivity contribution in [1.29, 1.82) is 0 Å². The van der Waals surface area contributed by atoms with Crippen LogP contribution in [0.3, 0.4) is 0 Å². The molecule has 280 valence electrons. The van der Waals surface area contributed by atoms with Crippen molar-refractivity contribution in [3.63, 3.8) is 0 Å². The molecule has 0 aromatic rings. The largest absolute Gasteiger partial charge is 0.394 e. The highest BCUT2D eigenvalue weighted by atomic mass is 16.8. The molecule has 48 heavy (non-hydrogen) atoms. The van der Waals surface area contributed by atoms with Gasteiger partial charge in [0.2, 0.25) is 5.91 Å². The fourth-order valence-electron chi connectivity index (χ4n) is 5.95. The van der Waals surface area contributed by atoms with Gasteiger partial charge in [-0.15, -0.1) is 0 Å². The molecule has 0 saturated carbocycles. The highest BCUT2D eigenvalue weighted by molar-refractivity contribution is 5.73. The minimum Gasteiger partial charge on any atom is -0.394 e. The molecule has 22 nitrogen and oxygen atoms in total. The molecule has 20 unspecified atom stereocenters. The van der Waals surface area contributed by atoms with Gasteiger partial charge in [0.1, 0.15) is 97.6 Å². The summed E-state index contributed by atoms with van der Waals surface area (Å²) in [6.45, 7) is -2.37. The van der Waals surface area contributed by atoms with E-state index in [-0.39, 0.29) is 0 Å². The summed E-state index contributed by atoms with van der Waals surface area (Å²) >= 11 is 0. The molecular weight excluding hydrogens is 662 g/mol. The zero-order chi connectivity index (χ0) is 35.6. The van der Waals surface area contributed by atoms with Crippen LogP contribution in [0, 0.1) is 0 Å². The van der Waals surface area contributed by atoms with Crippen molar-refractivity contribution in [2.75, 3.05) is 26.4 Å². The van der Waals surface area contributed by atoms with E-state index >= 15 is 0 Å². The number of amides is 1. The van der Waals surface area contributed by atoms with Crippen LogP contribution in [-0.4, -0.2) is 221 Å². The Kier molecular flexibility index (Phi) is 13.8. The summed E-state index contributed by atoms with van der Waals surface area (Å²) in [5, 5.41) is 136. The maximum Gasteiger partial charge on any atom is 0.217 e. The standard InChI is InChI=1S/C26H45NO21/c1-6(32)27-11-14(35)20(46-25-18(39)15(36)12(33)7(2-28)43-25)10(5-31)45-24(11)48-22-13(34)8(3-29)44-26(19(22)40)47-21-9(4-30)42-23(41)17(38)16(21)37/h7-26,28-31,33-41H,2-5H2,1H3,(H,27,32). The second-order valence-electron chi connectivity index (χ2n) is 11.9. The van der Waals surface area contributed by atoms with Gasteiger partial charge in [0.25, 0.3) is 0 Å². The summed E-state index contributed by atoms with van der Waals surface area (Å²) in [4.78, 5) is 12.2. The minimum atomic E-state index is -2.02. The Morgan fingerprint density at radius 2 is 0.958 bits per heavy atom. The summed E-state index contributed by atoms with van der Waals surface area (Å²) in [5.74, 6) is -0.755. The van der Waals surface area contributed by atoms with E-state index in [2.05, 4.69) is 5.32 Å². The molecule has 4 saturated heterocycles. The van der Waals surface area contributed by atoms with Gasteiger partial charge in [0.15, 0.2) is 25.2 Å². The molecule has 0 aromatic heterocycles. The van der Waals surface area contributed by atoms with Crippen LogP contribution in [0.2, 0.25) is 0 Å². The van der Waals surface area contributed by atoms with Gasteiger partial charge in [-0.1, -0.05) is 0 Å². The lowest BCUT2D eigenvalue weighted by atomic mass is 9.94. The molecule has 4 heterocycles. The lowest BCUT2D eigenvalue weighted by Gasteiger charge is -2.49. The number of carbonyl (C=O) groups is 1. The highest BCUT2D eigenvalue weighted by Gasteiger charge is 2.55. The molecule has 20 atom stereocenters. The molecule has 4 rings (SSSR count). The fourth-order valence-corrected chi connectivity index (χ4v) is 5.95. The van der Waals surface area contributed by atoms with Gasteiger partial charge in [-0.3, -0.25) is 4.79 Å². The molecule has 0 radical (unpaired) electrons. The second-order valence-corrected chi connectivity index (χ2v) is 11.9. The first-order valence-corrected chi connectivity index (χ1v) is 15.1. The Morgan fingerprint density at radius 3 is 1.50 bits per heavy atom. The van der Waals surface area contributed by atoms with Crippen LogP contribution in [0.1, 0.15) is 6.92 Å². The first-order valence-electron chi connectivity index (χ1n) is 15.1. The van der Waals surface area contributed by atoms with E-state index in [0.29, 0.717) is 0 Å². The number of ether oxygens (including phenoxy) is 7. The van der Waals surface area contributed by atoms with Gasteiger partial charge in [0, 0.05) is 6.92 Å². The monoisotopic (exact) mass is 707 g/mol. The van der Waals surface area contributed by atoms with Crippen LogP contribution >= 0.6 is 0 Å². The van der Waals surface area contributed by atoms with Crippen molar-refractivity contribution in [2.45, 2.75) is 130 Å². The SMILES string of the molecule is CC(=O)NC1C(OC2C(O)C(CO)OC(OC3C(CO)OC(O)C(O)C3O)C2O)OC(CO)C(OC2OC(CO)C(O)C(O)C2O)C1O. The summed E-state index contributed by atoms with van der Waals surface area (Å²) < 4.78 is 38.5. The number of aliphatic hydroxyl groups excluding tert-OH is 13. The van der Waals surface area contributed by atoms with Crippen LogP contribution in [0.25, 0.3) is 0 Å². The van der Waals surface area contributed by atoms with E-state index in [1.54, 1.807) is 0 Å². The van der Waals surface area contributed by atoms with E-state index < -0.39 is 155 Å². The third-order valence-electron chi connectivity index (χ3n) is 8.61. The molecule has 1 amide bonds. The summed E-state index contributed by atoms with van der Waals surface area (Å²) in [6, 6.07) is -1.61. The Bertz CT molecular complexity index is 1030. The molecule has 0 spiro atoms. The molecular formula is C26H45NO21. The summed E-state index contributed by atoms with van der Waals surface area (Å²) in [7, 11) is 0. The maximum atomic E-state index is 12.2. The Morgan fingerprint density at radius 1 is 0.500 bits per heavy atom. The summed E-state index contributed by atoms with van der Waals surface area (Å²) in [6.07, 6.45) is -33.5. The number of nitrogens with one attached hydrogen (secondary N) is 1. The molecule has 4 aliphatic heterocycles. The normalized spacial score (nSPS) is 50.2. The predicted octanol–water partition coefficient (Wildman–Crippen LogP) is -9.61. The van der Waals surface area contributed by atoms with E-state index in [1.807, 2.05) is 0 Å². The molecule has 0 aromatic carbocycles. The van der Waals surface area contributed by atoms with Crippen LogP contribution in [0.15, 0.2) is 0 Å². The quantitative estimate of drug-likeness (QED) is 0.0947. The number of hydrogen-bond donors (Lipinski definition) is 14. The zero-order valence-electron chi connectivity index (χ0n) is 25.5. The molecule has 4 aliphatic rings. The van der Waals surface area contributed by atoms with Gasteiger partial charge in [-0.05, 0) is 0 Å². The predicted molar refractivity (Wildman–Crippen MR) is 145 cm³/mol. The topological polar surface area (TPSA) is 357 Å². The third kappa shape index (κ3) is 8.08. The van der Waals surface area contributed by atoms with Crippen molar-refractivity contribution >= 4 is 5.91 Å². The van der Waals surface area contributed by atoms with Crippen molar-refractivity contribution in [3.8, 4) is 0 Å². The molecule has 14 N–H and O–H groups in total. The molecule has 0 bridgehead atoms. The minimum absolute atomic E-state index is 0.755. The van der Waals surface area contributed by atoms with Crippen molar-refractivity contribution in [3.05, 3.63) is 0 Å². The average Bonchev–Trinajstić information content (AvgIpc) is 3.06. The first kappa shape index (κ1) is 39.5. The lowest BCUT2D eigenvalue weighted by Crippen LogP contribution is -2.69. The zero-order valence-corrected chi connectivity index (χ0v) is 25.5. The highest BCUT2D eigenvalue weighted by Crippen LogP contribution is 2.34. The Balaban J connectivity index is 1.56. The van der Waals surface area contributed by atoms with Gasteiger partial charge in [0.05, 0.1) is 26.4 Å². The first-order chi connectivity index (χ1) is 22.7. The number of aliphatic hydroxyl groups is 13. The number of rotatable bonds is 11. The van der Waals surface area contributed by atoms with Gasteiger partial charge in [-0.2, -0.15) is 0 Å². The maximum absolute atomic E-state index is 12.2. The molecule has 22 heteroatoms. The van der Waals surface area contributed by atoms with Crippen molar-refractivity contribution in [1.82, 2.24) is 5.32 Å². The van der Waals surface area contributed by atoms with Gasteiger partial charge < -0.3 is 105 Å². The van der Waals surface area contributed by atoms with E-state index in [0.717, 1.165) is 6.92 Å². The smallest absolute Gasteiger partial charge is 0.217 e. The van der Waals surface area contributed by atoms with Crippen molar-refractivity contribution in [2.24, 2.45) is 0 Å². The lowest BCUT2D eigenvalue weighted by molar-refractivity contribution is -0.380. The average molecular weight is 708 g/mol. The Labute approximate surface area is 272 Å². The van der Waals surface area contributed by atoms with E-state index in [9.17, 15) is 71.2 Å². The van der Waals surface area contributed by atoms with Crippen molar-refractivity contribution < 1.29 is 104 Å². The second kappa shape index (κ2) is 16.8. The molecule has 4 fully saturated rings. The van der Waals surface area contributed by atoms with E-state index in [1.165, 1.54) is 0 Å². The van der Waals surface area contributed by atoms with Crippen LogP contribution in [-0.2, 0) is 38.0 Å². The number of carbonyl (C=O) groups excluding carboxylic acids is 1. The van der Waals surface area contributed by atoms with Crippen LogP contribution in [0.4, 0.5) is 0 Å². The third-order valence-corrected chi connectivity index (χ3v) is 8.61. The number of hydrogen-bond acceptors (Lipinski definition) is 21. The van der Waals surface area contributed by atoms with Gasteiger partial charge in [-0.25, -0.2) is 0 Å². The summed E-state index contributed by atoms with van der Waals surface area (Å²) in [5.41, 5.74) is 0. The molecule has 0 aliphatic carbocycles. The Hall–Kier alpha value is -1.33. The van der Waals surface area contributed by atoms with Crippen LogP contribution in [0.5, 0.6) is 0 Å². The fraction of sp³-hybridized carbons (Fsp3) is 0.962. The van der Waals surface area contributed by atoms with Gasteiger partial charge >= 0.3 is 0 Å².